The number of hydrogen-bond acceptors (Lipinski definition) is 7. The van der Waals surface area contributed by atoms with Crippen molar-refractivity contribution >= 4 is 45.5 Å². The minimum Gasteiger partial charge on any atom is -0.357 e. The summed E-state index contributed by atoms with van der Waals surface area (Å²) in [5.74, 6) is 0.779. The first-order valence-electron chi connectivity index (χ1n) is 13.5. The lowest BCUT2D eigenvalue weighted by molar-refractivity contribution is -0.125. The van der Waals surface area contributed by atoms with Crippen LogP contribution in [0.5, 0.6) is 0 Å². The van der Waals surface area contributed by atoms with Gasteiger partial charge in [0.1, 0.15) is 18.1 Å². The summed E-state index contributed by atoms with van der Waals surface area (Å²) < 4.78 is 5.96. The highest BCUT2D eigenvalue weighted by Gasteiger charge is 2.36. The van der Waals surface area contributed by atoms with Crippen LogP contribution in [0, 0.1) is 0 Å². The molecule has 0 saturated carbocycles. The van der Waals surface area contributed by atoms with Crippen LogP contribution in [0.3, 0.4) is 0 Å². The zero-order chi connectivity index (χ0) is 26.5. The van der Waals surface area contributed by atoms with Crippen molar-refractivity contribution in [3.05, 3.63) is 59.2 Å². The van der Waals surface area contributed by atoms with E-state index < -0.39 is 6.04 Å². The molecule has 1 atom stereocenters. The molecule has 1 unspecified atom stereocenters. The summed E-state index contributed by atoms with van der Waals surface area (Å²) in [6, 6.07) is 13.7. The molecule has 5 rings (SSSR count). The number of nitrogens with zero attached hydrogens (tertiary/aromatic N) is 4. The predicted octanol–water partition coefficient (Wildman–Crippen LogP) is 3.49. The van der Waals surface area contributed by atoms with Crippen LogP contribution in [0.4, 0.5) is 5.82 Å². The van der Waals surface area contributed by atoms with E-state index in [9.17, 15) is 14.4 Å². The normalized spacial score (nSPS) is 16.6. The first-order valence-corrected chi connectivity index (χ1v) is 14.3. The molecule has 38 heavy (non-hydrogen) atoms. The molecule has 2 aliphatic heterocycles. The Morgan fingerprint density at radius 2 is 1.92 bits per heavy atom. The van der Waals surface area contributed by atoms with Gasteiger partial charge < -0.3 is 19.9 Å². The summed E-state index contributed by atoms with van der Waals surface area (Å²) in [6.45, 7) is 5.56. The van der Waals surface area contributed by atoms with Crippen LogP contribution >= 0.6 is 11.5 Å². The first kappa shape index (κ1) is 26.3. The Kier molecular flexibility index (Phi) is 8.34. The standard InChI is InChI=1S/C29H35N5O3S/c1-30-28(36)25(12-7-19-35)34-20-24-21(9-6-11-22(24)29(34)37)8-4-5-14-32-15-17-33(18-16-32)27-23-10-2-3-13-26(23)38-31-27/h2-3,6,9-11,13,19,25H,4-5,7-8,12,14-18,20H2,1H3,(H,30,36). The molecule has 2 amide bonds. The maximum absolute atomic E-state index is 13.1. The van der Waals surface area contributed by atoms with E-state index in [1.54, 1.807) is 23.5 Å². The van der Waals surface area contributed by atoms with E-state index in [0.29, 0.717) is 18.5 Å². The number of likely N-dealkylation sites (N-methyl/N-ethyl adjacent to an activating group) is 1. The lowest BCUT2D eigenvalue weighted by Crippen LogP contribution is -2.46. The van der Waals surface area contributed by atoms with Crippen molar-refractivity contribution < 1.29 is 14.4 Å². The number of anilines is 1. The second-order valence-electron chi connectivity index (χ2n) is 10.0. The lowest BCUT2D eigenvalue weighted by Gasteiger charge is -2.35. The fourth-order valence-corrected chi connectivity index (χ4v) is 6.46. The quantitative estimate of drug-likeness (QED) is 0.300. The molecule has 1 saturated heterocycles. The number of carbonyl (C=O) groups excluding carboxylic acids is 3. The molecule has 8 nitrogen and oxygen atoms in total. The van der Waals surface area contributed by atoms with Gasteiger partial charge >= 0.3 is 0 Å². The second-order valence-corrected chi connectivity index (χ2v) is 10.8. The van der Waals surface area contributed by atoms with Gasteiger partial charge in [-0.1, -0.05) is 24.3 Å². The Morgan fingerprint density at radius 3 is 2.71 bits per heavy atom. The Bertz CT molecular complexity index is 1300. The largest absolute Gasteiger partial charge is 0.357 e. The number of aromatic nitrogens is 1. The van der Waals surface area contributed by atoms with E-state index in [1.165, 1.54) is 15.6 Å². The number of nitrogens with one attached hydrogen (secondary N) is 1. The molecule has 1 N–H and O–H groups in total. The maximum atomic E-state index is 13.1. The molecule has 2 aliphatic rings. The molecular weight excluding hydrogens is 498 g/mol. The van der Waals surface area contributed by atoms with Crippen LogP contribution in [0.25, 0.3) is 10.1 Å². The fourth-order valence-electron chi connectivity index (χ4n) is 5.66. The van der Waals surface area contributed by atoms with Gasteiger partial charge in [-0.3, -0.25) is 14.5 Å². The third kappa shape index (κ3) is 5.44. The van der Waals surface area contributed by atoms with E-state index >= 15 is 0 Å². The second kappa shape index (κ2) is 12.0. The summed E-state index contributed by atoms with van der Waals surface area (Å²) >= 11 is 1.58. The Morgan fingerprint density at radius 1 is 1.11 bits per heavy atom. The maximum Gasteiger partial charge on any atom is 0.255 e. The van der Waals surface area contributed by atoms with Crippen LogP contribution in [-0.2, 0) is 22.6 Å². The molecule has 9 heteroatoms. The predicted molar refractivity (Wildman–Crippen MR) is 151 cm³/mol. The average Bonchev–Trinajstić information content (AvgIpc) is 3.53. The van der Waals surface area contributed by atoms with Crippen molar-refractivity contribution in [2.75, 3.05) is 44.7 Å². The molecule has 0 aliphatic carbocycles. The van der Waals surface area contributed by atoms with Crippen LogP contribution in [0.2, 0.25) is 0 Å². The van der Waals surface area contributed by atoms with Crippen molar-refractivity contribution in [1.82, 2.24) is 19.5 Å². The molecule has 0 spiro atoms. The molecule has 2 aromatic carbocycles. The Hall–Kier alpha value is -3.30. The lowest BCUT2D eigenvalue weighted by atomic mass is 9.99. The number of fused-ring (bicyclic) bond motifs is 2. The van der Waals surface area contributed by atoms with Crippen LogP contribution in [-0.4, -0.2) is 78.1 Å². The smallest absolute Gasteiger partial charge is 0.255 e. The van der Waals surface area contributed by atoms with E-state index in [4.69, 9.17) is 4.37 Å². The van der Waals surface area contributed by atoms with Gasteiger partial charge in [-0.15, -0.1) is 0 Å². The number of aldehydes is 1. The summed E-state index contributed by atoms with van der Waals surface area (Å²) in [7, 11) is 1.57. The topological polar surface area (TPSA) is 85.8 Å². The highest BCUT2D eigenvalue weighted by molar-refractivity contribution is 7.13. The van der Waals surface area contributed by atoms with Gasteiger partial charge in [-0.2, -0.15) is 4.37 Å². The van der Waals surface area contributed by atoms with Gasteiger partial charge in [0.25, 0.3) is 5.91 Å². The van der Waals surface area contributed by atoms with E-state index in [-0.39, 0.29) is 18.2 Å². The van der Waals surface area contributed by atoms with Crippen LogP contribution in [0.15, 0.2) is 42.5 Å². The zero-order valence-corrected chi connectivity index (χ0v) is 22.7. The van der Waals surface area contributed by atoms with E-state index in [0.717, 1.165) is 69.7 Å². The Balaban J connectivity index is 1.12. The van der Waals surface area contributed by atoms with Gasteiger partial charge in [-0.25, -0.2) is 0 Å². The van der Waals surface area contributed by atoms with Crippen molar-refractivity contribution in [2.24, 2.45) is 0 Å². The van der Waals surface area contributed by atoms with Gasteiger partial charge in [0.05, 0.1) is 4.70 Å². The number of amides is 2. The molecular formula is C29H35N5O3S. The fraction of sp³-hybridized carbons (Fsp3) is 0.448. The number of piperazine rings is 1. The summed E-state index contributed by atoms with van der Waals surface area (Å²) in [5, 5.41) is 3.90. The highest BCUT2D eigenvalue weighted by Crippen LogP contribution is 2.31. The monoisotopic (exact) mass is 533 g/mol. The SMILES string of the molecule is CNC(=O)C(CCC=O)N1Cc2c(CCCCN3CCN(c4nsc5ccccc45)CC3)cccc2C1=O. The molecule has 1 fully saturated rings. The molecule has 1 aromatic heterocycles. The van der Waals surface area contributed by atoms with Crippen molar-refractivity contribution in [2.45, 2.75) is 44.7 Å². The number of aryl methyl sites for hydroxylation is 1. The van der Waals surface area contributed by atoms with Crippen molar-refractivity contribution in [3.63, 3.8) is 0 Å². The van der Waals surface area contributed by atoms with Gasteiger partial charge in [0.15, 0.2) is 0 Å². The number of hydrogen-bond donors (Lipinski definition) is 1. The number of rotatable bonds is 11. The number of benzene rings is 2. The first-order chi connectivity index (χ1) is 18.6. The molecule has 3 aromatic rings. The van der Waals surface area contributed by atoms with E-state index in [1.807, 2.05) is 12.1 Å². The summed E-state index contributed by atoms with van der Waals surface area (Å²) in [5.41, 5.74) is 2.90. The molecule has 0 radical (unpaired) electrons. The van der Waals surface area contributed by atoms with Crippen LogP contribution < -0.4 is 10.2 Å². The van der Waals surface area contributed by atoms with Gasteiger partial charge in [0, 0.05) is 57.1 Å². The third-order valence-electron chi connectivity index (χ3n) is 7.78. The van der Waals surface area contributed by atoms with Gasteiger partial charge in [0.2, 0.25) is 5.91 Å². The summed E-state index contributed by atoms with van der Waals surface area (Å²) in [4.78, 5) is 43.1. The highest BCUT2D eigenvalue weighted by atomic mass is 32.1. The third-order valence-corrected chi connectivity index (χ3v) is 8.59. The molecule has 200 valence electrons. The van der Waals surface area contributed by atoms with Crippen molar-refractivity contribution in [3.8, 4) is 0 Å². The number of carbonyl (C=O) groups is 3. The molecule has 3 heterocycles. The minimum absolute atomic E-state index is 0.118. The minimum atomic E-state index is -0.626. The number of unbranched alkanes of at least 4 members (excludes halogenated alkanes) is 1. The average molecular weight is 534 g/mol. The van der Waals surface area contributed by atoms with Crippen LogP contribution in [0.1, 0.15) is 47.2 Å². The van der Waals surface area contributed by atoms with Gasteiger partial charge in [-0.05, 0) is 73.1 Å². The molecule has 0 bridgehead atoms. The van der Waals surface area contributed by atoms with Crippen molar-refractivity contribution in [1.29, 1.82) is 0 Å². The van der Waals surface area contributed by atoms with E-state index in [2.05, 4.69) is 45.4 Å². The Labute approximate surface area is 227 Å². The zero-order valence-electron chi connectivity index (χ0n) is 21.9. The summed E-state index contributed by atoms with van der Waals surface area (Å²) in [6.07, 6.45) is 4.45.